The lowest BCUT2D eigenvalue weighted by molar-refractivity contribution is 0.291. The summed E-state index contributed by atoms with van der Waals surface area (Å²) in [6.07, 6.45) is 0. The maximum atomic E-state index is 3.27. The number of nitrogens with one attached hydrogen (secondary N) is 1. The van der Waals surface area contributed by atoms with E-state index < -0.39 is 0 Å². The maximum absolute atomic E-state index is 3.27. The number of rotatable bonds is 0. The Morgan fingerprint density at radius 1 is 1.25 bits per heavy atom. The first kappa shape index (κ1) is 7.88. The second-order valence-electron chi connectivity index (χ2n) is 2.05. The third-order valence-electron chi connectivity index (χ3n) is 1.34. The van der Waals surface area contributed by atoms with E-state index in [2.05, 4.69) is 17.3 Å². The molecule has 1 rings (SSSR count). The van der Waals surface area contributed by atoms with Crippen LogP contribution in [-0.4, -0.2) is 38.1 Å². The van der Waals surface area contributed by atoms with Gasteiger partial charge in [-0.3, -0.25) is 0 Å². The summed E-state index contributed by atoms with van der Waals surface area (Å²) in [4.78, 5) is 2.33. The summed E-state index contributed by atoms with van der Waals surface area (Å²) < 4.78 is 0. The topological polar surface area (TPSA) is 50.3 Å². The molecule has 1 aliphatic rings. The van der Waals surface area contributed by atoms with Gasteiger partial charge >= 0.3 is 0 Å². The molecule has 3 heteroatoms. The van der Waals surface area contributed by atoms with E-state index in [-0.39, 0.29) is 6.15 Å². The van der Waals surface area contributed by atoms with Crippen LogP contribution in [0.3, 0.4) is 0 Å². The van der Waals surface area contributed by atoms with Crippen LogP contribution in [0.5, 0.6) is 0 Å². The van der Waals surface area contributed by atoms with Crippen LogP contribution in [0.15, 0.2) is 0 Å². The zero-order chi connectivity index (χ0) is 5.11. The lowest BCUT2D eigenvalue weighted by atomic mass is 10.4. The highest BCUT2D eigenvalue weighted by atomic mass is 15.2. The van der Waals surface area contributed by atoms with Crippen LogP contribution in [0.25, 0.3) is 0 Å². The molecule has 0 aromatic carbocycles. The lowest BCUT2D eigenvalue weighted by Gasteiger charge is -2.21. The molecule has 0 amide bonds. The molecule has 0 unspecified atom stereocenters. The number of nitrogens with zero attached hydrogens (tertiary/aromatic N) is 1. The first-order valence-corrected chi connectivity index (χ1v) is 2.79. The average Bonchev–Trinajstić information content (AvgIpc) is 1.69. The van der Waals surface area contributed by atoms with Gasteiger partial charge in [-0.15, -0.1) is 0 Å². The molecule has 50 valence electrons. The van der Waals surface area contributed by atoms with Crippen LogP contribution < -0.4 is 11.5 Å². The van der Waals surface area contributed by atoms with Crippen molar-refractivity contribution in [3.8, 4) is 0 Å². The van der Waals surface area contributed by atoms with E-state index in [1.54, 1.807) is 0 Å². The van der Waals surface area contributed by atoms with Crippen molar-refractivity contribution in [1.29, 1.82) is 0 Å². The molecule has 0 atom stereocenters. The van der Waals surface area contributed by atoms with Crippen molar-refractivity contribution in [1.82, 2.24) is 16.4 Å². The Balaban J connectivity index is 0.000000490. The number of hydrogen-bond acceptors (Lipinski definition) is 3. The summed E-state index contributed by atoms with van der Waals surface area (Å²) >= 11 is 0. The first-order chi connectivity index (χ1) is 3.39. The largest absolute Gasteiger partial charge is 0.344 e. The highest BCUT2D eigenvalue weighted by Gasteiger charge is 2.01. The predicted octanol–water partition coefficient (Wildman–Crippen LogP) is -0.317. The molecular weight excluding hydrogens is 102 g/mol. The summed E-state index contributed by atoms with van der Waals surface area (Å²) in [5, 5.41) is 3.27. The number of piperazine rings is 1. The zero-order valence-electron chi connectivity index (χ0n) is 5.48. The van der Waals surface area contributed by atoms with Gasteiger partial charge in [-0.1, -0.05) is 0 Å². The van der Waals surface area contributed by atoms with Crippen LogP contribution in [0.1, 0.15) is 0 Å². The first-order valence-electron chi connectivity index (χ1n) is 2.79. The van der Waals surface area contributed by atoms with Crippen molar-refractivity contribution >= 4 is 0 Å². The Morgan fingerprint density at radius 2 is 1.75 bits per heavy atom. The minimum Gasteiger partial charge on any atom is -0.344 e. The third kappa shape index (κ3) is 2.26. The highest BCUT2D eigenvalue weighted by Crippen LogP contribution is 1.82. The van der Waals surface area contributed by atoms with Crippen LogP contribution in [0, 0.1) is 0 Å². The normalized spacial score (nSPS) is 22.1. The molecule has 0 aromatic rings. The molecule has 0 radical (unpaired) electrons. The fourth-order valence-corrected chi connectivity index (χ4v) is 0.777. The van der Waals surface area contributed by atoms with Gasteiger partial charge in [0.05, 0.1) is 0 Å². The van der Waals surface area contributed by atoms with Crippen LogP contribution in [-0.2, 0) is 0 Å². The number of hydrogen-bond donors (Lipinski definition) is 2. The average molecular weight is 117 g/mol. The molecule has 3 nitrogen and oxygen atoms in total. The van der Waals surface area contributed by atoms with Gasteiger partial charge < -0.3 is 16.4 Å². The van der Waals surface area contributed by atoms with E-state index in [1.165, 1.54) is 13.1 Å². The summed E-state index contributed by atoms with van der Waals surface area (Å²) in [6, 6.07) is 0. The molecule has 1 aliphatic heterocycles. The molecule has 0 bridgehead atoms. The highest BCUT2D eigenvalue weighted by molar-refractivity contribution is 4.62. The summed E-state index contributed by atoms with van der Waals surface area (Å²) in [6.45, 7) is 4.74. The summed E-state index contributed by atoms with van der Waals surface area (Å²) in [5.41, 5.74) is 0. The van der Waals surface area contributed by atoms with E-state index in [0.717, 1.165) is 13.1 Å². The second-order valence-corrected chi connectivity index (χ2v) is 2.05. The number of likely N-dealkylation sites (N-methyl/N-ethyl adjacent to an activating group) is 1. The maximum Gasteiger partial charge on any atom is 0.0104 e. The minimum absolute atomic E-state index is 0. The van der Waals surface area contributed by atoms with Crippen molar-refractivity contribution in [2.24, 2.45) is 0 Å². The fraction of sp³-hybridized carbons (Fsp3) is 1.00. The van der Waals surface area contributed by atoms with Crippen molar-refractivity contribution in [3.63, 3.8) is 0 Å². The lowest BCUT2D eigenvalue weighted by Crippen LogP contribution is -2.40. The van der Waals surface area contributed by atoms with E-state index in [9.17, 15) is 0 Å². The van der Waals surface area contributed by atoms with E-state index in [0.29, 0.717) is 0 Å². The summed E-state index contributed by atoms with van der Waals surface area (Å²) in [7, 11) is 2.15. The van der Waals surface area contributed by atoms with Gasteiger partial charge in [0.15, 0.2) is 0 Å². The smallest absolute Gasteiger partial charge is 0.0104 e. The van der Waals surface area contributed by atoms with Gasteiger partial charge in [0.1, 0.15) is 0 Å². The predicted molar refractivity (Wildman–Crippen MR) is 35.4 cm³/mol. The van der Waals surface area contributed by atoms with E-state index in [1.807, 2.05) is 0 Å². The Labute approximate surface area is 50.6 Å². The fourth-order valence-electron chi connectivity index (χ4n) is 0.777. The standard InChI is InChI=1S/C5H12N2.H3N/c1-7-4-2-6-3-5-7;/h6H,2-5H2,1H3;1H3. The van der Waals surface area contributed by atoms with Crippen molar-refractivity contribution < 1.29 is 0 Å². The second kappa shape index (κ2) is 3.83. The van der Waals surface area contributed by atoms with Crippen LogP contribution in [0.2, 0.25) is 0 Å². The van der Waals surface area contributed by atoms with Gasteiger partial charge in [0.25, 0.3) is 0 Å². The SMILES string of the molecule is CN1CCNCC1.N. The molecule has 1 saturated heterocycles. The Hall–Kier alpha value is -0.120. The minimum atomic E-state index is 0. The Kier molecular flexibility index (Phi) is 3.77. The molecule has 0 aromatic heterocycles. The molecule has 0 saturated carbocycles. The molecular formula is C5H15N3. The molecule has 1 fully saturated rings. The van der Waals surface area contributed by atoms with Crippen molar-refractivity contribution in [3.05, 3.63) is 0 Å². The molecule has 0 spiro atoms. The van der Waals surface area contributed by atoms with Gasteiger partial charge in [-0.2, -0.15) is 0 Å². The Bertz CT molecular complexity index is 49.6. The van der Waals surface area contributed by atoms with Crippen molar-refractivity contribution in [2.75, 3.05) is 33.2 Å². The van der Waals surface area contributed by atoms with E-state index in [4.69, 9.17) is 0 Å². The molecule has 4 N–H and O–H groups in total. The monoisotopic (exact) mass is 117 g/mol. The quantitative estimate of drug-likeness (QED) is 0.457. The van der Waals surface area contributed by atoms with E-state index >= 15 is 0 Å². The molecule has 1 heterocycles. The Morgan fingerprint density at radius 3 is 2.00 bits per heavy atom. The molecule has 0 aliphatic carbocycles. The molecule has 8 heavy (non-hydrogen) atoms. The third-order valence-corrected chi connectivity index (χ3v) is 1.34. The van der Waals surface area contributed by atoms with Crippen LogP contribution in [0.4, 0.5) is 0 Å². The van der Waals surface area contributed by atoms with Gasteiger partial charge in [0, 0.05) is 26.2 Å². The van der Waals surface area contributed by atoms with Crippen molar-refractivity contribution in [2.45, 2.75) is 0 Å². The van der Waals surface area contributed by atoms with Crippen LogP contribution >= 0.6 is 0 Å². The zero-order valence-corrected chi connectivity index (χ0v) is 5.48. The summed E-state index contributed by atoms with van der Waals surface area (Å²) in [5.74, 6) is 0. The van der Waals surface area contributed by atoms with Gasteiger partial charge in [-0.25, -0.2) is 0 Å². The van der Waals surface area contributed by atoms with Gasteiger partial charge in [-0.05, 0) is 7.05 Å². The van der Waals surface area contributed by atoms with Gasteiger partial charge in [0.2, 0.25) is 0 Å².